The molecule has 1 aliphatic carbocycles. The molecule has 25 heavy (non-hydrogen) atoms. The zero-order valence-corrected chi connectivity index (χ0v) is 15.4. The number of aliphatic hydroxyl groups is 1. The third kappa shape index (κ3) is 4.42. The predicted octanol–water partition coefficient (Wildman–Crippen LogP) is 3.85. The third-order valence-electron chi connectivity index (χ3n) is 5.01. The minimum Gasteiger partial charge on any atom is -0.489 e. The van der Waals surface area contributed by atoms with E-state index in [-0.39, 0.29) is 6.61 Å². The van der Waals surface area contributed by atoms with Gasteiger partial charge in [0.15, 0.2) is 0 Å². The Labute approximate surface area is 151 Å². The van der Waals surface area contributed by atoms with Crippen molar-refractivity contribution in [1.82, 2.24) is 4.90 Å². The summed E-state index contributed by atoms with van der Waals surface area (Å²) in [7, 11) is 4.22. The molecule has 1 atom stereocenters. The van der Waals surface area contributed by atoms with Gasteiger partial charge in [-0.25, -0.2) is 0 Å². The number of hydrogen-bond acceptors (Lipinski definition) is 3. The van der Waals surface area contributed by atoms with E-state index in [0.717, 1.165) is 38.0 Å². The van der Waals surface area contributed by atoms with Crippen molar-refractivity contribution in [1.29, 1.82) is 0 Å². The number of allylic oxidation sites excluding steroid dienone is 4. The van der Waals surface area contributed by atoms with E-state index in [1.165, 1.54) is 22.3 Å². The molecule has 1 aromatic carbocycles. The van der Waals surface area contributed by atoms with E-state index in [1.54, 1.807) is 0 Å². The van der Waals surface area contributed by atoms with Crippen LogP contribution in [0.4, 0.5) is 0 Å². The second-order valence-electron chi connectivity index (χ2n) is 7.16. The highest BCUT2D eigenvalue weighted by atomic mass is 16.5. The number of aliphatic hydroxyl groups excluding tert-OH is 1. The Kier molecular flexibility index (Phi) is 6.11. The molecule has 0 saturated heterocycles. The van der Waals surface area contributed by atoms with Crippen LogP contribution >= 0.6 is 0 Å². The summed E-state index contributed by atoms with van der Waals surface area (Å²) in [5.41, 5.74) is 5.37. The molecule has 3 rings (SSSR count). The van der Waals surface area contributed by atoms with Crippen LogP contribution in [0.5, 0.6) is 0 Å². The molecule has 1 heterocycles. The highest BCUT2D eigenvalue weighted by Crippen LogP contribution is 2.37. The number of rotatable bonds is 6. The van der Waals surface area contributed by atoms with Crippen LogP contribution < -0.4 is 0 Å². The summed E-state index contributed by atoms with van der Waals surface area (Å²) in [6.07, 6.45) is 10.6. The molecule has 0 bridgehead atoms. The topological polar surface area (TPSA) is 32.7 Å². The lowest BCUT2D eigenvalue weighted by Gasteiger charge is -2.25. The highest BCUT2D eigenvalue weighted by molar-refractivity contribution is 5.49. The van der Waals surface area contributed by atoms with E-state index in [2.05, 4.69) is 61.5 Å². The van der Waals surface area contributed by atoms with Gasteiger partial charge in [-0.05, 0) is 56.1 Å². The Balaban J connectivity index is 1.90. The van der Waals surface area contributed by atoms with Crippen molar-refractivity contribution in [2.24, 2.45) is 5.92 Å². The maximum Gasteiger partial charge on any atom is 0.123 e. The van der Waals surface area contributed by atoms with Crippen molar-refractivity contribution in [2.75, 3.05) is 27.2 Å². The van der Waals surface area contributed by atoms with Crippen LogP contribution in [0.3, 0.4) is 0 Å². The van der Waals surface area contributed by atoms with Gasteiger partial charge in [-0.1, -0.05) is 36.4 Å². The Morgan fingerprint density at radius 1 is 1.24 bits per heavy atom. The van der Waals surface area contributed by atoms with Gasteiger partial charge in [-0.3, -0.25) is 0 Å². The van der Waals surface area contributed by atoms with E-state index < -0.39 is 0 Å². The lowest BCUT2D eigenvalue weighted by Crippen LogP contribution is -2.15. The molecule has 134 valence electrons. The average Bonchev–Trinajstić information content (AvgIpc) is 2.80. The Bertz CT molecular complexity index is 685. The summed E-state index contributed by atoms with van der Waals surface area (Å²) in [6, 6.07) is 8.57. The SMILES string of the molecule is CN(C)CC/C=C1/C2=C(C=CC1CCCO)OCc1ccccc1C2. The molecule has 0 amide bonds. The van der Waals surface area contributed by atoms with Crippen molar-refractivity contribution >= 4 is 0 Å². The summed E-state index contributed by atoms with van der Waals surface area (Å²) < 4.78 is 6.14. The zero-order valence-electron chi connectivity index (χ0n) is 15.4. The van der Waals surface area contributed by atoms with Crippen LogP contribution in [0.1, 0.15) is 30.4 Å². The summed E-state index contributed by atoms with van der Waals surface area (Å²) in [6.45, 7) is 1.94. The lowest BCUT2D eigenvalue weighted by atomic mass is 9.81. The monoisotopic (exact) mass is 339 g/mol. The third-order valence-corrected chi connectivity index (χ3v) is 5.01. The van der Waals surface area contributed by atoms with Crippen molar-refractivity contribution in [3.8, 4) is 0 Å². The van der Waals surface area contributed by atoms with E-state index in [0.29, 0.717) is 12.5 Å². The molecule has 1 aromatic rings. The van der Waals surface area contributed by atoms with Crippen LogP contribution in [0.25, 0.3) is 0 Å². The normalized spacial score (nSPS) is 21.1. The van der Waals surface area contributed by atoms with E-state index >= 15 is 0 Å². The van der Waals surface area contributed by atoms with Gasteiger partial charge < -0.3 is 14.7 Å². The van der Waals surface area contributed by atoms with E-state index in [1.807, 2.05) is 0 Å². The maximum absolute atomic E-state index is 9.25. The van der Waals surface area contributed by atoms with Gasteiger partial charge in [0.1, 0.15) is 12.4 Å². The van der Waals surface area contributed by atoms with Gasteiger partial charge in [0.25, 0.3) is 0 Å². The van der Waals surface area contributed by atoms with Crippen LogP contribution in [0.15, 0.2) is 59.4 Å². The molecular weight excluding hydrogens is 310 g/mol. The van der Waals surface area contributed by atoms with Gasteiger partial charge in [0, 0.05) is 31.1 Å². The number of hydrogen-bond donors (Lipinski definition) is 1. The average molecular weight is 339 g/mol. The lowest BCUT2D eigenvalue weighted by molar-refractivity contribution is 0.209. The molecule has 3 heteroatoms. The minimum absolute atomic E-state index is 0.251. The van der Waals surface area contributed by atoms with Gasteiger partial charge in [-0.2, -0.15) is 0 Å². The van der Waals surface area contributed by atoms with Crippen molar-refractivity contribution < 1.29 is 9.84 Å². The largest absolute Gasteiger partial charge is 0.489 e. The summed E-state index contributed by atoms with van der Waals surface area (Å²) in [5, 5.41) is 9.25. The molecule has 0 fully saturated rings. The minimum atomic E-state index is 0.251. The summed E-state index contributed by atoms with van der Waals surface area (Å²) in [5.74, 6) is 1.40. The number of benzene rings is 1. The molecule has 0 saturated carbocycles. The molecule has 0 spiro atoms. The van der Waals surface area contributed by atoms with Gasteiger partial charge in [0.2, 0.25) is 0 Å². The van der Waals surface area contributed by atoms with Gasteiger partial charge in [0.05, 0.1) is 0 Å². The van der Waals surface area contributed by atoms with E-state index in [9.17, 15) is 5.11 Å². The first-order valence-corrected chi connectivity index (χ1v) is 9.26. The smallest absolute Gasteiger partial charge is 0.123 e. The predicted molar refractivity (Wildman–Crippen MR) is 102 cm³/mol. The quantitative estimate of drug-likeness (QED) is 0.854. The fraction of sp³-hybridized carbons (Fsp3) is 0.455. The van der Waals surface area contributed by atoms with Crippen molar-refractivity contribution in [3.63, 3.8) is 0 Å². The molecule has 1 N–H and O–H groups in total. The van der Waals surface area contributed by atoms with Crippen molar-refractivity contribution in [3.05, 3.63) is 70.5 Å². The van der Waals surface area contributed by atoms with Gasteiger partial charge in [-0.15, -0.1) is 0 Å². The first-order valence-electron chi connectivity index (χ1n) is 9.26. The second-order valence-corrected chi connectivity index (χ2v) is 7.16. The molecule has 3 nitrogen and oxygen atoms in total. The Morgan fingerprint density at radius 3 is 2.80 bits per heavy atom. The molecule has 0 radical (unpaired) electrons. The van der Waals surface area contributed by atoms with E-state index in [4.69, 9.17) is 4.74 Å². The first-order chi connectivity index (χ1) is 12.2. The molecule has 0 aromatic heterocycles. The zero-order chi connectivity index (χ0) is 17.6. The number of ether oxygens (including phenoxy) is 1. The standard InChI is InChI=1S/C22H29NO2/c1-23(2)13-5-10-20-17(9-6-14-24)11-12-22-21(20)15-18-7-3-4-8-19(18)16-25-22/h3-4,7-8,10-12,17,24H,5-6,9,13-16H2,1-2H3/b20-10+. The fourth-order valence-electron chi connectivity index (χ4n) is 3.63. The maximum atomic E-state index is 9.25. The molecule has 2 aliphatic rings. The van der Waals surface area contributed by atoms with Crippen LogP contribution in [-0.4, -0.2) is 37.3 Å². The molecule has 1 unspecified atom stereocenters. The molecule has 1 aliphatic heterocycles. The van der Waals surface area contributed by atoms with Crippen LogP contribution in [0, 0.1) is 5.92 Å². The fourth-order valence-corrected chi connectivity index (χ4v) is 3.63. The Morgan fingerprint density at radius 2 is 2.04 bits per heavy atom. The highest BCUT2D eigenvalue weighted by Gasteiger charge is 2.25. The van der Waals surface area contributed by atoms with Crippen LogP contribution in [0.2, 0.25) is 0 Å². The first kappa shape index (κ1) is 18.0. The van der Waals surface area contributed by atoms with Crippen LogP contribution in [-0.2, 0) is 17.8 Å². The summed E-state index contributed by atoms with van der Waals surface area (Å²) in [4.78, 5) is 2.21. The second kappa shape index (κ2) is 8.50. The van der Waals surface area contributed by atoms with Gasteiger partial charge >= 0.3 is 0 Å². The number of nitrogens with zero attached hydrogens (tertiary/aromatic N) is 1. The number of fused-ring (bicyclic) bond motifs is 1. The Hall–Kier alpha value is -1.84. The molecular formula is C22H29NO2. The van der Waals surface area contributed by atoms with Crippen molar-refractivity contribution in [2.45, 2.75) is 32.3 Å². The summed E-state index contributed by atoms with van der Waals surface area (Å²) >= 11 is 0.